The van der Waals surface area contributed by atoms with Crippen LogP contribution in [0.25, 0.3) is 10.2 Å². The van der Waals surface area contributed by atoms with Gasteiger partial charge >= 0.3 is 0 Å². The summed E-state index contributed by atoms with van der Waals surface area (Å²) in [5, 5.41) is 9.55. The number of aromatic nitrogens is 2. The van der Waals surface area contributed by atoms with Gasteiger partial charge < -0.3 is 0 Å². The van der Waals surface area contributed by atoms with Gasteiger partial charge in [0, 0.05) is 23.8 Å². The third-order valence-electron chi connectivity index (χ3n) is 4.04. The van der Waals surface area contributed by atoms with Gasteiger partial charge in [0.1, 0.15) is 10.7 Å². The van der Waals surface area contributed by atoms with Gasteiger partial charge in [-0.1, -0.05) is 13.8 Å². The Morgan fingerprint density at radius 2 is 2.24 bits per heavy atom. The topological polar surface area (TPSA) is 58.7 Å². The fourth-order valence-corrected chi connectivity index (χ4v) is 4.32. The Bertz CT molecular complexity index is 779. The van der Waals surface area contributed by atoms with Crippen LogP contribution in [0, 0.1) is 11.3 Å². The molecule has 21 heavy (non-hydrogen) atoms. The fourth-order valence-electron chi connectivity index (χ4n) is 3.07. The van der Waals surface area contributed by atoms with Crippen LogP contribution in [0.5, 0.6) is 0 Å². The number of hydrogen-bond acceptors (Lipinski definition) is 4. The van der Waals surface area contributed by atoms with E-state index in [2.05, 4.69) is 19.9 Å². The zero-order chi connectivity index (χ0) is 15.0. The minimum absolute atomic E-state index is 0.0982. The molecule has 0 atom stereocenters. The summed E-state index contributed by atoms with van der Waals surface area (Å²) in [7, 11) is 0. The first-order chi connectivity index (χ1) is 10.1. The van der Waals surface area contributed by atoms with Gasteiger partial charge in [-0.15, -0.1) is 11.3 Å². The molecule has 0 spiro atoms. The Kier molecular flexibility index (Phi) is 3.81. The summed E-state index contributed by atoms with van der Waals surface area (Å²) in [6.07, 6.45) is 4.42. The highest BCUT2D eigenvalue weighted by molar-refractivity contribution is 7.18. The maximum Gasteiger partial charge on any atom is 0.262 e. The van der Waals surface area contributed by atoms with Crippen molar-refractivity contribution in [1.29, 1.82) is 5.26 Å². The monoisotopic (exact) mass is 301 g/mol. The SMILES string of the molecule is CC(C)c1nc2sc3c(c2c(=O)n1CCCC#N)CCC3. The number of thiophene rings is 1. The van der Waals surface area contributed by atoms with E-state index in [1.165, 1.54) is 10.4 Å². The predicted octanol–water partition coefficient (Wildman–Crippen LogP) is 3.37. The van der Waals surface area contributed by atoms with Gasteiger partial charge in [-0.05, 0) is 31.2 Å². The van der Waals surface area contributed by atoms with E-state index in [1.54, 1.807) is 15.9 Å². The molecule has 5 heteroatoms. The van der Waals surface area contributed by atoms with Gasteiger partial charge in [-0.2, -0.15) is 5.26 Å². The van der Waals surface area contributed by atoms with Crippen LogP contribution in [0.1, 0.15) is 55.3 Å². The fraction of sp³-hybridized carbons (Fsp3) is 0.562. The first-order valence-corrected chi connectivity index (χ1v) is 8.37. The molecule has 0 unspecified atom stereocenters. The number of nitriles is 1. The van der Waals surface area contributed by atoms with Crippen LogP contribution in [-0.4, -0.2) is 9.55 Å². The molecule has 0 bridgehead atoms. The minimum Gasteiger partial charge on any atom is -0.296 e. The molecule has 4 nitrogen and oxygen atoms in total. The van der Waals surface area contributed by atoms with Crippen LogP contribution in [0.2, 0.25) is 0 Å². The van der Waals surface area contributed by atoms with Crippen molar-refractivity contribution in [2.75, 3.05) is 0 Å². The molecule has 0 saturated heterocycles. The summed E-state index contributed by atoms with van der Waals surface area (Å²) < 4.78 is 1.80. The summed E-state index contributed by atoms with van der Waals surface area (Å²) in [6.45, 7) is 4.72. The average Bonchev–Trinajstić information content (AvgIpc) is 3.00. The lowest BCUT2D eigenvalue weighted by Gasteiger charge is -2.14. The van der Waals surface area contributed by atoms with Crippen LogP contribution >= 0.6 is 11.3 Å². The second kappa shape index (κ2) is 5.61. The van der Waals surface area contributed by atoms with E-state index < -0.39 is 0 Å². The second-order valence-corrected chi connectivity index (χ2v) is 6.96. The molecule has 1 aliphatic carbocycles. The molecule has 2 aromatic heterocycles. The highest BCUT2D eigenvalue weighted by Gasteiger charge is 2.23. The highest BCUT2D eigenvalue weighted by Crippen LogP contribution is 2.35. The average molecular weight is 301 g/mol. The van der Waals surface area contributed by atoms with E-state index >= 15 is 0 Å². The molecular formula is C16H19N3OS. The van der Waals surface area contributed by atoms with E-state index in [4.69, 9.17) is 10.2 Å². The van der Waals surface area contributed by atoms with Crippen molar-refractivity contribution in [1.82, 2.24) is 9.55 Å². The molecule has 0 aromatic carbocycles. The molecule has 1 aliphatic rings. The van der Waals surface area contributed by atoms with Gasteiger partial charge in [0.2, 0.25) is 0 Å². The largest absolute Gasteiger partial charge is 0.296 e. The Morgan fingerprint density at radius 3 is 2.95 bits per heavy atom. The maximum absolute atomic E-state index is 12.9. The van der Waals surface area contributed by atoms with Gasteiger partial charge in [0.05, 0.1) is 11.5 Å². The molecule has 0 fully saturated rings. The van der Waals surface area contributed by atoms with Crippen molar-refractivity contribution in [2.45, 2.75) is 58.4 Å². The molecule has 0 amide bonds. The van der Waals surface area contributed by atoms with Crippen LogP contribution in [-0.2, 0) is 19.4 Å². The van der Waals surface area contributed by atoms with E-state index in [1.807, 2.05) is 0 Å². The van der Waals surface area contributed by atoms with Crippen molar-refractivity contribution < 1.29 is 0 Å². The van der Waals surface area contributed by atoms with Gasteiger partial charge in [-0.3, -0.25) is 9.36 Å². The van der Waals surface area contributed by atoms with Crippen LogP contribution in [0.4, 0.5) is 0 Å². The van der Waals surface area contributed by atoms with Crippen molar-refractivity contribution in [2.24, 2.45) is 0 Å². The molecule has 0 radical (unpaired) electrons. The van der Waals surface area contributed by atoms with Crippen LogP contribution < -0.4 is 5.56 Å². The summed E-state index contributed by atoms with van der Waals surface area (Å²) in [5.41, 5.74) is 1.33. The third-order valence-corrected chi connectivity index (χ3v) is 5.23. The van der Waals surface area contributed by atoms with E-state index in [-0.39, 0.29) is 11.5 Å². The Labute approximate surface area is 128 Å². The molecule has 110 valence electrons. The number of fused-ring (bicyclic) bond motifs is 3. The van der Waals surface area contributed by atoms with Crippen LogP contribution in [0.3, 0.4) is 0 Å². The molecule has 3 rings (SSSR count). The first-order valence-electron chi connectivity index (χ1n) is 7.55. The lowest BCUT2D eigenvalue weighted by Crippen LogP contribution is -2.26. The molecule has 0 aliphatic heterocycles. The number of hydrogen-bond donors (Lipinski definition) is 0. The predicted molar refractivity (Wildman–Crippen MR) is 84.8 cm³/mol. The zero-order valence-electron chi connectivity index (χ0n) is 12.5. The smallest absolute Gasteiger partial charge is 0.262 e. The Hall–Kier alpha value is -1.67. The Morgan fingerprint density at radius 1 is 1.43 bits per heavy atom. The van der Waals surface area contributed by atoms with E-state index in [9.17, 15) is 4.79 Å². The van der Waals surface area contributed by atoms with E-state index in [0.29, 0.717) is 19.4 Å². The summed E-state index contributed by atoms with van der Waals surface area (Å²) in [6, 6.07) is 2.15. The molecule has 2 aromatic rings. The van der Waals surface area contributed by atoms with Crippen molar-refractivity contribution in [3.05, 3.63) is 26.6 Å². The highest BCUT2D eigenvalue weighted by atomic mass is 32.1. The molecule has 0 N–H and O–H groups in total. The normalized spacial score (nSPS) is 13.8. The third kappa shape index (κ3) is 2.38. The molecule has 2 heterocycles. The van der Waals surface area contributed by atoms with Crippen molar-refractivity contribution in [3.8, 4) is 6.07 Å². The molecule has 0 saturated carbocycles. The lowest BCUT2D eigenvalue weighted by molar-refractivity contribution is 0.568. The number of unbranched alkanes of at least 4 members (excludes halogenated alkanes) is 1. The number of nitrogens with zero attached hydrogens (tertiary/aromatic N) is 3. The quantitative estimate of drug-likeness (QED) is 0.813. The van der Waals surface area contributed by atoms with Crippen molar-refractivity contribution >= 4 is 21.6 Å². The van der Waals surface area contributed by atoms with E-state index in [0.717, 1.165) is 35.3 Å². The number of aryl methyl sites for hydroxylation is 2. The van der Waals surface area contributed by atoms with Crippen molar-refractivity contribution in [3.63, 3.8) is 0 Å². The summed E-state index contributed by atoms with van der Waals surface area (Å²) >= 11 is 1.69. The van der Waals surface area contributed by atoms with Crippen LogP contribution in [0.15, 0.2) is 4.79 Å². The first kappa shape index (κ1) is 14.3. The Balaban J connectivity index is 2.18. The van der Waals surface area contributed by atoms with Gasteiger partial charge in [-0.25, -0.2) is 4.98 Å². The standard InChI is InChI=1S/C16H19N3OS/c1-10(2)14-18-15-13(11-6-5-7-12(11)21-15)16(20)19(14)9-4-3-8-17/h10H,3-7,9H2,1-2H3. The zero-order valence-corrected chi connectivity index (χ0v) is 13.3. The van der Waals surface area contributed by atoms with Gasteiger partial charge in [0.15, 0.2) is 0 Å². The summed E-state index contributed by atoms with van der Waals surface area (Å²) in [5.74, 6) is 1.06. The summed E-state index contributed by atoms with van der Waals surface area (Å²) in [4.78, 5) is 19.9. The molecular weight excluding hydrogens is 282 g/mol. The second-order valence-electron chi connectivity index (χ2n) is 5.88. The van der Waals surface area contributed by atoms with Gasteiger partial charge in [0.25, 0.3) is 5.56 Å². The maximum atomic E-state index is 12.9. The number of rotatable bonds is 4. The minimum atomic E-state index is 0.0982. The lowest BCUT2D eigenvalue weighted by atomic mass is 10.1.